The van der Waals surface area contributed by atoms with Gasteiger partial charge in [0.15, 0.2) is 0 Å². The minimum Gasteiger partial charge on any atom is -0.366 e. The Kier molecular flexibility index (Phi) is 5.29. The number of nitrogens with one attached hydrogen (secondary N) is 1. The summed E-state index contributed by atoms with van der Waals surface area (Å²) in [4.78, 5) is 11.6. The van der Waals surface area contributed by atoms with Crippen LogP contribution in [0.4, 0.5) is 5.69 Å². The molecular formula is C18H22N2O3S. The van der Waals surface area contributed by atoms with Gasteiger partial charge in [-0.15, -0.1) is 0 Å². The van der Waals surface area contributed by atoms with Crippen LogP contribution in [-0.2, 0) is 10.0 Å². The number of anilines is 1. The Labute approximate surface area is 142 Å². The summed E-state index contributed by atoms with van der Waals surface area (Å²) in [5.74, 6) is -0.212. The zero-order valence-electron chi connectivity index (χ0n) is 14.0. The van der Waals surface area contributed by atoms with E-state index < -0.39 is 15.9 Å². The lowest BCUT2D eigenvalue weighted by Gasteiger charge is -2.14. The van der Waals surface area contributed by atoms with E-state index in [1.54, 1.807) is 37.3 Å². The minimum atomic E-state index is -3.73. The molecule has 128 valence electrons. The van der Waals surface area contributed by atoms with Gasteiger partial charge in [-0.05, 0) is 54.7 Å². The van der Waals surface area contributed by atoms with Crippen molar-refractivity contribution in [2.45, 2.75) is 38.0 Å². The Bertz CT molecular complexity index is 843. The summed E-state index contributed by atoms with van der Waals surface area (Å²) in [7, 11) is -3.73. The third kappa shape index (κ3) is 3.76. The number of rotatable bonds is 6. The van der Waals surface area contributed by atoms with Gasteiger partial charge in [0.25, 0.3) is 10.0 Å². The fraction of sp³-hybridized carbons (Fsp3) is 0.278. The molecule has 0 aliphatic rings. The molecule has 0 aliphatic heterocycles. The van der Waals surface area contributed by atoms with Crippen LogP contribution in [0.25, 0.3) is 0 Å². The van der Waals surface area contributed by atoms with Crippen LogP contribution in [0.1, 0.15) is 47.7 Å². The number of benzene rings is 2. The third-order valence-electron chi connectivity index (χ3n) is 4.22. The van der Waals surface area contributed by atoms with Crippen molar-refractivity contribution >= 4 is 21.6 Å². The first kappa shape index (κ1) is 18.0. The Balaban J connectivity index is 2.32. The van der Waals surface area contributed by atoms with Gasteiger partial charge in [0, 0.05) is 5.56 Å². The Morgan fingerprint density at radius 3 is 2.33 bits per heavy atom. The van der Waals surface area contributed by atoms with E-state index in [1.807, 2.05) is 12.1 Å². The maximum Gasteiger partial charge on any atom is 0.261 e. The van der Waals surface area contributed by atoms with Gasteiger partial charge < -0.3 is 5.73 Å². The van der Waals surface area contributed by atoms with Gasteiger partial charge in [0.1, 0.15) is 0 Å². The van der Waals surface area contributed by atoms with Gasteiger partial charge in [-0.3, -0.25) is 9.52 Å². The second-order valence-electron chi connectivity index (χ2n) is 5.83. The van der Waals surface area contributed by atoms with Gasteiger partial charge >= 0.3 is 0 Å². The SMILES string of the molecule is CCC(C)c1ccc(S(=O)(=O)Nc2cccc(C(N)=O)c2C)cc1. The van der Waals surface area contributed by atoms with Gasteiger partial charge in [-0.25, -0.2) is 8.42 Å². The molecule has 6 heteroatoms. The molecule has 0 radical (unpaired) electrons. The number of hydrogen-bond acceptors (Lipinski definition) is 3. The number of primary amides is 1. The smallest absolute Gasteiger partial charge is 0.261 e. The summed E-state index contributed by atoms with van der Waals surface area (Å²) >= 11 is 0. The Morgan fingerprint density at radius 2 is 1.79 bits per heavy atom. The van der Waals surface area contributed by atoms with E-state index in [9.17, 15) is 13.2 Å². The quantitative estimate of drug-likeness (QED) is 0.840. The molecule has 0 fully saturated rings. The van der Waals surface area contributed by atoms with Gasteiger partial charge in [-0.1, -0.05) is 32.0 Å². The first-order chi connectivity index (χ1) is 11.3. The van der Waals surface area contributed by atoms with Gasteiger partial charge in [-0.2, -0.15) is 0 Å². The molecule has 1 amide bonds. The van der Waals surface area contributed by atoms with E-state index in [4.69, 9.17) is 5.73 Å². The molecule has 2 aromatic rings. The molecule has 2 aromatic carbocycles. The molecule has 1 atom stereocenters. The molecule has 5 nitrogen and oxygen atoms in total. The van der Waals surface area contributed by atoms with E-state index in [0.29, 0.717) is 22.7 Å². The number of hydrogen-bond donors (Lipinski definition) is 2. The number of carbonyl (C=O) groups excluding carboxylic acids is 1. The van der Waals surface area contributed by atoms with Crippen LogP contribution in [0.3, 0.4) is 0 Å². The first-order valence-electron chi connectivity index (χ1n) is 7.78. The minimum absolute atomic E-state index is 0.179. The van der Waals surface area contributed by atoms with Crippen LogP contribution >= 0.6 is 0 Å². The molecule has 0 heterocycles. The topological polar surface area (TPSA) is 89.3 Å². The molecule has 2 rings (SSSR count). The number of carbonyl (C=O) groups is 1. The highest BCUT2D eigenvalue weighted by atomic mass is 32.2. The summed E-state index contributed by atoms with van der Waals surface area (Å²) in [6, 6.07) is 11.6. The molecule has 0 saturated carbocycles. The van der Waals surface area contributed by atoms with Crippen molar-refractivity contribution in [3.63, 3.8) is 0 Å². The molecule has 3 N–H and O–H groups in total. The van der Waals surface area contributed by atoms with Crippen molar-refractivity contribution in [1.82, 2.24) is 0 Å². The van der Waals surface area contributed by atoms with Gasteiger partial charge in [0.05, 0.1) is 10.6 Å². The fourth-order valence-electron chi connectivity index (χ4n) is 2.43. The van der Waals surface area contributed by atoms with Crippen molar-refractivity contribution < 1.29 is 13.2 Å². The second kappa shape index (κ2) is 7.05. The Hall–Kier alpha value is -2.34. The fourth-order valence-corrected chi connectivity index (χ4v) is 3.55. The van der Waals surface area contributed by atoms with Crippen molar-refractivity contribution in [2.24, 2.45) is 5.73 Å². The van der Waals surface area contributed by atoms with E-state index in [1.165, 1.54) is 0 Å². The normalized spacial score (nSPS) is 12.6. The lowest BCUT2D eigenvalue weighted by Crippen LogP contribution is -2.17. The average Bonchev–Trinajstić information content (AvgIpc) is 2.55. The Morgan fingerprint density at radius 1 is 1.17 bits per heavy atom. The largest absolute Gasteiger partial charge is 0.366 e. The predicted molar refractivity (Wildman–Crippen MR) is 95.7 cm³/mol. The molecule has 0 bridgehead atoms. The molecule has 0 spiro atoms. The highest BCUT2D eigenvalue weighted by Crippen LogP contribution is 2.24. The molecular weight excluding hydrogens is 324 g/mol. The number of nitrogens with two attached hydrogens (primary N) is 1. The van der Waals surface area contributed by atoms with Crippen LogP contribution in [0.15, 0.2) is 47.4 Å². The van der Waals surface area contributed by atoms with Crippen LogP contribution in [0, 0.1) is 6.92 Å². The highest BCUT2D eigenvalue weighted by Gasteiger charge is 2.17. The lowest BCUT2D eigenvalue weighted by atomic mass is 9.99. The number of amides is 1. The maximum absolute atomic E-state index is 12.6. The zero-order chi connectivity index (χ0) is 17.9. The van der Waals surface area contributed by atoms with E-state index >= 15 is 0 Å². The predicted octanol–water partition coefficient (Wildman–Crippen LogP) is 3.41. The second-order valence-corrected chi connectivity index (χ2v) is 7.51. The molecule has 0 aliphatic carbocycles. The average molecular weight is 346 g/mol. The first-order valence-corrected chi connectivity index (χ1v) is 9.26. The van der Waals surface area contributed by atoms with Crippen molar-refractivity contribution in [3.05, 3.63) is 59.2 Å². The van der Waals surface area contributed by atoms with Crippen molar-refractivity contribution in [1.29, 1.82) is 0 Å². The van der Waals surface area contributed by atoms with Crippen LogP contribution in [-0.4, -0.2) is 14.3 Å². The standard InChI is InChI=1S/C18H22N2O3S/c1-4-12(2)14-8-10-15(11-9-14)24(22,23)20-17-7-5-6-16(13(17)3)18(19)21/h5-12,20H,4H2,1-3H3,(H2,19,21). The molecule has 1 unspecified atom stereocenters. The summed E-state index contributed by atoms with van der Waals surface area (Å²) in [6.07, 6.45) is 0.990. The summed E-state index contributed by atoms with van der Waals surface area (Å²) in [5.41, 5.74) is 7.54. The zero-order valence-corrected chi connectivity index (χ0v) is 14.9. The van der Waals surface area contributed by atoms with Crippen molar-refractivity contribution in [3.8, 4) is 0 Å². The monoisotopic (exact) mass is 346 g/mol. The molecule has 0 saturated heterocycles. The summed E-state index contributed by atoms with van der Waals surface area (Å²) in [5, 5.41) is 0. The third-order valence-corrected chi connectivity index (χ3v) is 5.60. The van der Waals surface area contributed by atoms with E-state index in [-0.39, 0.29) is 4.90 Å². The summed E-state index contributed by atoms with van der Waals surface area (Å²) < 4.78 is 27.6. The highest BCUT2D eigenvalue weighted by molar-refractivity contribution is 7.92. The molecule has 24 heavy (non-hydrogen) atoms. The van der Waals surface area contributed by atoms with E-state index in [0.717, 1.165) is 12.0 Å². The maximum atomic E-state index is 12.6. The van der Waals surface area contributed by atoms with Crippen LogP contribution < -0.4 is 10.5 Å². The summed E-state index contributed by atoms with van der Waals surface area (Å²) in [6.45, 7) is 5.84. The van der Waals surface area contributed by atoms with E-state index in [2.05, 4.69) is 18.6 Å². The van der Waals surface area contributed by atoms with Crippen LogP contribution in [0.2, 0.25) is 0 Å². The molecule has 0 aromatic heterocycles. The lowest BCUT2D eigenvalue weighted by molar-refractivity contribution is 0.0999. The number of sulfonamides is 1. The van der Waals surface area contributed by atoms with Crippen LogP contribution in [0.5, 0.6) is 0 Å². The van der Waals surface area contributed by atoms with Gasteiger partial charge in [0.2, 0.25) is 5.91 Å². The van der Waals surface area contributed by atoms with Crippen molar-refractivity contribution in [2.75, 3.05) is 4.72 Å².